The van der Waals surface area contributed by atoms with Crippen molar-refractivity contribution in [2.75, 3.05) is 11.9 Å². The predicted molar refractivity (Wildman–Crippen MR) is 119 cm³/mol. The lowest BCUT2D eigenvalue weighted by Crippen LogP contribution is -2.07. The van der Waals surface area contributed by atoms with E-state index in [4.69, 9.17) is 16.3 Å². The molecule has 0 saturated carbocycles. The molecule has 0 bridgehead atoms. The van der Waals surface area contributed by atoms with Crippen LogP contribution in [-0.4, -0.2) is 32.3 Å². The van der Waals surface area contributed by atoms with E-state index in [0.29, 0.717) is 10.8 Å². The quantitative estimate of drug-likeness (QED) is 0.518. The van der Waals surface area contributed by atoms with Gasteiger partial charge in [-0.1, -0.05) is 24.9 Å². The van der Waals surface area contributed by atoms with Crippen LogP contribution in [0.4, 0.5) is 5.69 Å². The van der Waals surface area contributed by atoms with E-state index in [-0.39, 0.29) is 12.0 Å². The third-order valence-corrected chi connectivity index (χ3v) is 5.64. The number of carbonyl (C=O) groups excluding carboxylic acids is 1. The summed E-state index contributed by atoms with van der Waals surface area (Å²) in [6, 6.07) is 5.62. The van der Waals surface area contributed by atoms with Gasteiger partial charge in [-0.25, -0.2) is 4.98 Å². The Morgan fingerprint density at radius 1 is 1.47 bits per heavy atom. The Labute approximate surface area is 180 Å². The number of hydrogen-bond donors (Lipinski definition) is 2. The molecule has 0 spiro atoms. The van der Waals surface area contributed by atoms with E-state index in [0.717, 1.165) is 67.0 Å². The molecule has 1 aromatic carbocycles. The summed E-state index contributed by atoms with van der Waals surface area (Å²) >= 11 is 6.43. The van der Waals surface area contributed by atoms with E-state index in [1.807, 2.05) is 25.1 Å². The highest BCUT2D eigenvalue weighted by atomic mass is 35.5. The highest BCUT2D eigenvalue weighted by Crippen LogP contribution is 2.28. The number of aromatic nitrogens is 4. The van der Waals surface area contributed by atoms with Gasteiger partial charge < -0.3 is 15.0 Å². The van der Waals surface area contributed by atoms with Crippen molar-refractivity contribution in [3.8, 4) is 0 Å². The van der Waals surface area contributed by atoms with Crippen LogP contribution in [-0.2, 0) is 16.1 Å². The van der Waals surface area contributed by atoms with Crippen LogP contribution in [0.5, 0.6) is 0 Å². The maximum atomic E-state index is 12.4. The van der Waals surface area contributed by atoms with Crippen LogP contribution in [0.2, 0.25) is 5.15 Å². The molecule has 2 N–H and O–H groups in total. The molecule has 2 aromatic heterocycles. The van der Waals surface area contributed by atoms with Crippen molar-refractivity contribution in [3.05, 3.63) is 46.5 Å². The zero-order valence-corrected chi connectivity index (χ0v) is 18.0. The van der Waals surface area contributed by atoms with E-state index in [2.05, 4.69) is 27.3 Å². The fourth-order valence-electron chi connectivity index (χ4n) is 3.61. The molecule has 7 nitrogen and oxygen atoms in total. The number of fused-ring (bicyclic) bond motifs is 1. The van der Waals surface area contributed by atoms with Crippen molar-refractivity contribution in [1.82, 2.24) is 19.7 Å². The molecular formula is C22H26ClN5O2. The molecule has 1 unspecified atom stereocenters. The normalized spacial score (nSPS) is 16.7. The van der Waals surface area contributed by atoms with Gasteiger partial charge in [-0.05, 0) is 50.5 Å². The Bertz CT molecular complexity index is 1080. The van der Waals surface area contributed by atoms with Gasteiger partial charge in [-0.3, -0.25) is 9.48 Å². The van der Waals surface area contributed by atoms with Gasteiger partial charge in [-0.2, -0.15) is 5.10 Å². The maximum absolute atomic E-state index is 12.4. The van der Waals surface area contributed by atoms with Crippen molar-refractivity contribution in [1.29, 1.82) is 0 Å². The number of aromatic amines is 1. The number of unbranched alkanes of at least 4 members (excludes halogenated alkanes) is 1. The largest absolute Gasteiger partial charge is 0.370 e. The molecule has 1 saturated heterocycles. The van der Waals surface area contributed by atoms with Crippen molar-refractivity contribution < 1.29 is 9.53 Å². The van der Waals surface area contributed by atoms with Gasteiger partial charge in [0.2, 0.25) is 5.91 Å². The lowest BCUT2D eigenvalue weighted by molar-refractivity contribution is -0.111. The summed E-state index contributed by atoms with van der Waals surface area (Å²) in [6.07, 6.45) is 7.33. The second-order valence-electron chi connectivity index (χ2n) is 7.54. The van der Waals surface area contributed by atoms with Crippen LogP contribution in [0, 0.1) is 6.92 Å². The molecule has 3 heterocycles. The zero-order valence-electron chi connectivity index (χ0n) is 17.2. The highest BCUT2D eigenvalue weighted by molar-refractivity contribution is 6.31. The Morgan fingerprint density at radius 3 is 3.10 bits per heavy atom. The zero-order chi connectivity index (χ0) is 21.1. The number of H-pyrrole nitrogens is 1. The number of nitrogens with zero attached hydrogens (tertiary/aromatic N) is 3. The number of anilines is 1. The van der Waals surface area contributed by atoms with Crippen LogP contribution < -0.4 is 5.32 Å². The van der Waals surface area contributed by atoms with Gasteiger partial charge >= 0.3 is 0 Å². The second-order valence-corrected chi connectivity index (χ2v) is 7.90. The second kappa shape index (κ2) is 9.02. The number of imidazole rings is 1. The summed E-state index contributed by atoms with van der Waals surface area (Å²) in [7, 11) is 0. The van der Waals surface area contributed by atoms with E-state index in [1.165, 1.54) is 6.08 Å². The monoisotopic (exact) mass is 427 g/mol. The van der Waals surface area contributed by atoms with E-state index < -0.39 is 0 Å². The van der Waals surface area contributed by atoms with E-state index in [9.17, 15) is 4.79 Å². The molecule has 8 heteroatoms. The number of ether oxygens (including phenoxy) is 1. The van der Waals surface area contributed by atoms with Crippen molar-refractivity contribution in [3.63, 3.8) is 0 Å². The number of nitrogens with one attached hydrogen (secondary N) is 2. The standard InChI is InChI=1S/C22H26ClN5O2/c1-3-4-11-28-21(23)16(14(2)27-28)8-10-20(29)24-15-7-9-17-18(13-15)26-22(25-17)19-6-5-12-30-19/h7-10,13,19H,3-6,11-12H2,1-2H3,(H,24,29)(H,25,26)/b10-8+. The number of amides is 1. The summed E-state index contributed by atoms with van der Waals surface area (Å²) in [5.74, 6) is 0.612. The average Bonchev–Trinajstić information content (AvgIpc) is 3.44. The number of carbonyl (C=O) groups is 1. The number of benzene rings is 1. The predicted octanol–water partition coefficient (Wildman–Crippen LogP) is 5.02. The molecule has 30 heavy (non-hydrogen) atoms. The molecule has 0 aliphatic carbocycles. The Hall–Kier alpha value is -2.64. The fraction of sp³-hybridized carbons (Fsp3) is 0.409. The molecule has 0 radical (unpaired) electrons. The minimum atomic E-state index is -0.231. The molecule has 158 valence electrons. The average molecular weight is 428 g/mol. The smallest absolute Gasteiger partial charge is 0.248 e. The summed E-state index contributed by atoms with van der Waals surface area (Å²) in [6.45, 7) is 5.56. The van der Waals surface area contributed by atoms with Crippen molar-refractivity contribution in [2.24, 2.45) is 0 Å². The molecule has 4 rings (SSSR count). The van der Waals surface area contributed by atoms with Crippen LogP contribution in [0.15, 0.2) is 24.3 Å². The Morgan fingerprint density at radius 2 is 2.33 bits per heavy atom. The minimum Gasteiger partial charge on any atom is -0.370 e. The Balaban J connectivity index is 1.44. The number of hydrogen-bond acceptors (Lipinski definition) is 4. The third-order valence-electron chi connectivity index (χ3n) is 5.24. The SMILES string of the molecule is CCCCn1nc(C)c(/C=C/C(=O)Nc2ccc3nc(C4CCCO4)[nH]c3c2)c1Cl. The van der Waals surface area contributed by atoms with Crippen molar-refractivity contribution in [2.45, 2.75) is 52.2 Å². The van der Waals surface area contributed by atoms with Gasteiger partial charge in [0.15, 0.2) is 0 Å². The lowest BCUT2D eigenvalue weighted by Gasteiger charge is -2.03. The maximum Gasteiger partial charge on any atom is 0.248 e. The summed E-state index contributed by atoms with van der Waals surface area (Å²) in [5.41, 5.74) is 4.00. The fourth-order valence-corrected chi connectivity index (χ4v) is 3.93. The summed E-state index contributed by atoms with van der Waals surface area (Å²) in [5, 5.41) is 7.91. The molecule has 1 atom stereocenters. The first-order chi connectivity index (χ1) is 14.5. The Kier molecular flexibility index (Phi) is 6.20. The van der Waals surface area contributed by atoms with Crippen LogP contribution in [0.1, 0.15) is 55.8 Å². The van der Waals surface area contributed by atoms with Crippen molar-refractivity contribution >= 4 is 40.3 Å². The molecule has 1 fully saturated rings. The molecule has 1 amide bonds. The molecule has 1 aliphatic heterocycles. The highest BCUT2D eigenvalue weighted by Gasteiger charge is 2.21. The lowest BCUT2D eigenvalue weighted by atomic mass is 10.2. The first-order valence-electron chi connectivity index (χ1n) is 10.4. The van der Waals surface area contributed by atoms with Crippen LogP contribution in [0.25, 0.3) is 17.1 Å². The first kappa shape index (κ1) is 20.6. The van der Waals surface area contributed by atoms with Crippen LogP contribution in [0.3, 0.4) is 0 Å². The number of aryl methyl sites for hydroxylation is 2. The molecular weight excluding hydrogens is 402 g/mol. The molecule has 1 aliphatic rings. The molecule has 3 aromatic rings. The first-order valence-corrected chi connectivity index (χ1v) is 10.8. The topological polar surface area (TPSA) is 84.8 Å². The van der Waals surface area contributed by atoms with Crippen LogP contribution >= 0.6 is 11.6 Å². The van der Waals surface area contributed by atoms with Gasteiger partial charge in [0.25, 0.3) is 0 Å². The van der Waals surface area contributed by atoms with Gasteiger partial charge in [0.05, 0.1) is 16.7 Å². The summed E-state index contributed by atoms with van der Waals surface area (Å²) in [4.78, 5) is 20.3. The van der Waals surface area contributed by atoms with E-state index in [1.54, 1.807) is 10.8 Å². The van der Waals surface area contributed by atoms with Gasteiger partial charge in [-0.15, -0.1) is 0 Å². The summed E-state index contributed by atoms with van der Waals surface area (Å²) < 4.78 is 7.48. The minimum absolute atomic E-state index is 0.0320. The number of halogens is 1. The number of rotatable bonds is 7. The van der Waals surface area contributed by atoms with E-state index >= 15 is 0 Å². The van der Waals surface area contributed by atoms with Gasteiger partial charge in [0.1, 0.15) is 17.1 Å². The third kappa shape index (κ3) is 4.42. The van der Waals surface area contributed by atoms with Gasteiger partial charge in [0, 0.05) is 30.5 Å².